The summed E-state index contributed by atoms with van der Waals surface area (Å²) >= 11 is 0. The van der Waals surface area contributed by atoms with E-state index in [0.29, 0.717) is 0 Å². The fourth-order valence-electron chi connectivity index (χ4n) is 3.04. The number of hydrogen-bond donors (Lipinski definition) is 1. The number of rotatable bonds is 2. The van der Waals surface area contributed by atoms with Crippen LogP contribution in [0.25, 0.3) is 0 Å². The van der Waals surface area contributed by atoms with Crippen molar-refractivity contribution >= 4 is 0 Å². The van der Waals surface area contributed by atoms with Crippen LogP contribution in [0.2, 0.25) is 0 Å². The van der Waals surface area contributed by atoms with E-state index in [4.69, 9.17) is 5.26 Å². The van der Waals surface area contributed by atoms with Gasteiger partial charge < -0.3 is 5.11 Å². The van der Waals surface area contributed by atoms with Gasteiger partial charge in [0.15, 0.2) is 0 Å². The Bertz CT molecular complexity index is 254. The van der Waals surface area contributed by atoms with Crippen molar-refractivity contribution in [1.29, 1.82) is 5.26 Å². The summed E-state index contributed by atoms with van der Waals surface area (Å²) in [6.45, 7) is 8.38. The highest BCUT2D eigenvalue weighted by Gasteiger charge is 2.51. The molecule has 3 atom stereocenters. The Hall–Kier alpha value is -0.550. The van der Waals surface area contributed by atoms with Crippen molar-refractivity contribution in [2.75, 3.05) is 0 Å². The molecule has 1 aliphatic rings. The summed E-state index contributed by atoms with van der Waals surface area (Å²) in [6.07, 6.45) is 2.52. The van der Waals surface area contributed by atoms with E-state index in [1.54, 1.807) is 0 Å². The Morgan fingerprint density at radius 1 is 1.57 bits per heavy atom. The van der Waals surface area contributed by atoms with Crippen molar-refractivity contribution in [3.63, 3.8) is 0 Å². The number of nitriles is 1. The minimum absolute atomic E-state index is 0.179. The van der Waals surface area contributed by atoms with Crippen molar-refractivity contribution in [1.82, 2.24) is 0 Å². The molecule has 0 heterocycles. The maximum Gasteiger partial charge on any atom is 0.0835 e. The highest BCUT2D eigenvalue weighted by molar-refractivity contribution is 5.07. The topological polar surface area (TPSA) is 44.0 Å². The van der Waals surface area contributed by atoms with Crippen molar-refractivity contribution in [3.05, 3.63) is 0 Å². The highest BCUT2D eigenvalue weighted by Crippen LogP contribution is 2.51. The highest BCUT2D eigenvalue weighted by atomic mass is 16.3. The van der Waals surface area contributed by atoms with Gasteiger partial charge in [0.05, 0.1) is 17.6 Å². The summed E-state index contributed by atoms with van der Waals surface area (Å²) in [4.78, 5) is 0. The molecule has 1 rings (SSSR count). The second-order valence-corrected chi connectivity index (χ2v) is 5.53. The Labute approximate surface area is 86.9 Å². The van der Waals surface area contributed by atoms with Crippen molar-refractivity contribution < 1.29 is 5.11 Å². The first-order valence-electron chi connectivity index (χ1n) is 5.47. The summed E-state index contributed by atoms with van der Waals surface area (Å²) in [5.41, 5.74) is -0.578. The van der Waals surface area contributed by atoms with Crippen LogP contribution < -0.4 is 0 Å². The molecule has 2 nitrogen and oxygen atoms in total. The molecule has 0 radical (unpaired) electrons. The van der Waals surface area contributed by atoms with Crippen molar-refractivity contribution in [2.24, 2.45) is 17.3 Å². The molecular formula is C12H21NO. The fourth-order valence-corrected chi connectivity index (χ4v) is 3.04. The second-order valence-electron chi connectivity index (χ2n) is 5.53. The Morgan fingerprint density at radius 2 is 2.14 bits per heavy atom. The molecule has 0 bridgehead atoms. The molecule has 1 saturated carbocycles. The summed E-state index contributed by atoms with van der Waals surface area (Å²) in [5.74, 6) is 0.0291. The number of hydrogen-bond acceptors (Lipinski definition) is 2. The quantitative estimate of drug-likeness (QED) is 0.736. The van der Waals surface area contributed by atoms with Crippen molar-refractivity contribution in [2.45, 2.75) is 52.6 Å². The molecule has 2 heteroatoms. The molecule has 0 spiro atoms. The first-order valence-corrected chi connectivity index (χ1v) is 5.47. The normalized spacial score (nSPS) is 37.9. The summed E-state index contributed by atoms with van der Waals surface area (Å²) in [6, 6.07) is 2.25. The minimum Gasteiger partial charge on any atom is -0.388 e. The van der Waals surface area contributed by atoms with Crippen LogP contribution >= 0.6 is 0 Å². The Morgan fingerprint density at radius 3 is 2.43 bits per heavy atom. The second kappa shape index (κ2) is 3.55. The van der Waals surface area contributed by atoms with Crippen LogP contribution in [0.5, 0.6) is 0 Å². The third kappa shape index (κ3) is 1.79. The van der Waals surface area contributed by atoms with Crippen molar-refractivity contribution in [3.8, 4) is 6.07 Å². The van der Waals surface area contributed by atoms with E-state index >= 15 is 0 Å². The van der Waals surface area contributed by atoms with Gasteiger partial charge in [-0.25, -0.2) is 0 Å². The molecule has 14 heavy (non-hydrogen) atoms. The van der Waals surface area contributed by atoms with Gasteiger partial charge >= 0.3 is 0 Å². The molecule has 0 aromatic carbocycles. The van der Waals surface area contributed by atoms with Crippen LogP contribution in [0, 0.1) is 28.6 Å². The van der Waals surface area contributed by atoms with Crippen LogP contribution in [0.4, 0.5) is 0 Å². The predicted octanol–water partition coefficient (Wildman–Crippen LogP) is 2.72. The summed E-state index contributed by atoms with van der Waals surface area (Å²) < 4.78 is 0. The average molecular weight is 195 g/mol. The molecular weight excluding hydrogens is 174 g/mol. The minimum atomic E-state index is -0.757. The van der Waals surface area contributed by atoms with Crippen LogP contribution in [-0.4, -0.2) is 10.7 Å². The van der Waals surface area contributed by atoms with E-state index in [0.717, 1.165) is 19.3 Å². The van der Waals surface area contributed by atoms with Crippen LogP contribution in [0.1, 0.15) is 47.0 Å². The zero-order chi connectivity index (χ0) is 11.0. The SMILES string of the molecule is CCC(C#N)C1(O)CC(C)(C)CC1C. The van der Waals surface area contributed by atoms with Crippen LogP contribution in [-0.2, 0) is 0 Å². The van der Waals surface area contributed by atoms with Gasteiger partial charge in [0.1, 0.15) is 0 Å². The monoisotopic (exact) mass is 195 g/mol. The maximum atomic E-state index is 10.5. The molecule has 1 fully saturated rings. The van der Waals surface area contributed by atoms with E-state index in [1.807, 2.05) is 6.92 Å². The summed E-state index contributed by atoms with van der Waals surface area (Å²) in [5, 5.41) is 19.6. The molecule has 1 N–H and O–H groups in total. The third-order valence-corrected chi connectivity index (χ3v) is 3.64. The van der Waals surface area contributed by atoms with Gasteiger partial charge in [-0.1, -0.05) is 27.7 Å². The van der Waals surface area contributed by atoms with Gasteiger partial charge in [-0.2, -0.15) is 5.26 Å². The number of nitrogens with zero attached hydrogens (tertiary/aromatic N) is 1. The predicted molar refractivity (Wildman–Crippen MR) is 56.5 cm³/mol. The standard InChI is InChI=1S/C12H21NO/c1-5-10(7-13)12(14)8-11(3,4)6-9(12)2/h9-10,14H,5-6,8H2,1-4H3. The fraction of sp³-hybridized carbons (Fsp3) is 0.917. The van der Waals surface area contributed by atoms with E-state index in [-0.39, 0.29) is 17.3 Å². The van der Waals surface area contributed by atoms with Gasteiger partial charge in [-0.05, 0) is 30.6 Å². The molecule has 0 aromatic heterocycles. The molecule has 3 unspecified atom stereocenters. The lowest BCUT2D eigenvalue weighted by Crippen LogP contribution is -2.40. The smallest absolute Gasteiger partial charge is 0.0835 e. The molecule has 0 aromatic rings. The van der Waals surface area contributed by atoms with Gasteiger partial charge in [-0.3, -0.25) is 0 Å². The van der Waals surface area contributed by atoms with Gasteiger partial charge in [-0.15, -0.1) is 0 Å². The Kier molecular flexibility index (Phi) is 2.92. The zero-order valence-electron chi connectivity index (χ0n) is 9.67. The van der Waals surface area contributed by atoms with E-state index in [1.165, 1.54) is 0 Å². The lowest BCUT2D eigenvalue weighted by Gasteiger charge is -2.32. The molecule has 1 aliphatic carbocycles. The largest absolute Gasteiger partial charge is 0.388 e. The molecule has 80 valence electrons. The number of aliphatic hydroxyl groups is 1. The lowest BCUT2D eigenvalue weighted by atomic mass is 9.78. The first-order chi connectivity index (χ1) is 6.35. The third-order valence-electron chi connectivity index (χ3n) is 3.64. The average Bonchev–Trinajstić information content (AvgIpc) is 2.23. The van der Waals surface area contributed by atoms with Gasteiger partial charge in [0, 0.05) is 0 Å². The maximum absolute atomic E-state index is 10.5. The molecule has 0 saturated heterocycles. The van der Waals surface area contributed by atoms with E-state index in [9.17, 15) is 5.11 Å². The molecule has 0 aliphatic heterocycles. The van der Waals surface area contributed by atoms with E-state index < -0.39 is 5.60 Å². The van der Waals surface area contributed by atoms with Gasteiger partial charge in [0.2, 0.25) is 0 Å². The lowest BCUT2D eigenvalue weighted by molar-refractivity contribution is -0.0326. The van der Waals surface area contributed by atoms with Crippen LogP contribution in [0.3, 0.4) is 0 Å². The summed E-state index contributed by atoms with van der Waals surface area (Å²) in [7, 11) is 0. The zero-order valence-corrected chi connectivity index (χ0v) is 9.67. The van der Waals surface area contributed by atoms with Gasteiger partial charge in [0.25, 0.3) is 0 Å². The first kappa shape index (κ1) is 11.5. The van der Waals surface area contributed by atoms with Crippen LogP contribution in [0.15, 0.2) is 0 Å². The Balaban J connectivity index is 2.90. The molecule has 0 amide bonds. The van der Waals surface area contributed by atoms with E-state index in [2.05, 4.69) is 26.8 Å².